The van der Waals surface area contributed by atoms with E-state index in [4.69, 9.17) is 30.2 Å². The Hall–Kier alpha value is -3.26. The van der Waals surface area contributed by atoms with Gasteiger partial charge in [-0.1, -0.05) is 11.6 Å². The zero-order chi connectivity index (χ0) is 21.0. The fourth-order valence-corrected chi connectivity index (χ4v) is 2.90. The highest BCUT2D eigenvalue weighted by Gasteiger charge is 2.20. The van der Waals surface area contributed by atoms with Gasteiger partial charge in [-0.2, -0.15) is 0 Å². The van der Waals surface area contributed by atoms with Crippen molar-refractivity contribution in [1.29, 1.82) is 0 Å². The van der Waals surface area contributed by atoms with E-state index in [1.165, 1.54) is 12.0 Å². The standard InChI is InChI=1S/C20H20ClN3O5/c1-24(20(25)14-10-13(21)6-8-15(14)26-2)11-18-22-23-19(29-18)12-5-7-16(27-3)17(9-12)28-4/h5-10H,11H2,1-4H3. The van der Waals surface area contributed by atoms with E-state index in [9.17, 15) is 4.79 Å². The number of hydrogen-bond acceptors (Lipinski definition) is 7. The maximum Gasteiger partial charge on any atom is 0.257 e. The van der Waals surface area contributed by atoms with Gasteiger partial charge in [0.1, 0.15) is 5.75 Å². The number of rotatable bonds is 7. The van der Waals surface area contributed by atoms with E-state index in [2.05, 4.69) is 10.2 Å². The molecule has 2 aromatic carbocycles. The van der Waals surface area contributed by atoms with Crippen LogP contribution in [0.5, 0.6) is 17.2 Å². The Labute approximate surface area is 173 Å². The summed E-state index contributed by atoms with van der Waals surface area (Å²) < 4.78 is 21.5. The molecule has 0 unspecified atom stereocenters. The van der Waals surface area contributed by atoms with Crippen molar-refractivity contribution in [3.05, 3.63) is 52.9 Å². The molecule has 0 aliphatic rings. The van der Waals surface area contributed by atoms with Crippen molar-refractivity contribution in [2.45, 2.75) is 6.54 Å². The van der Waals surface area contributed by atoms with Crippen LogP contribution in [0.15, 0.2) is 40.8 Å². The van der Waals surface area contributed by atoms with E-state index in [1.54, 1.807) is 57.7 Å². The van der Waals surface area contributed by atoms with Crippen LogP contribution in [0, 0.1) is 0 Å². The van der Waals surface area contributed by atoms with Crippen molar-refractivity contribution in [3.8, 4) is 28.7 Å². The highest BCUT2D eigenvalue weighted by atomic mass is 35.5. The highest BCUT2D eigenvalue weighted by molar-refractivity contribution is 6.31. The summed E-state index contributed by atoms with van der Waals surface area (Å²) in [5, 5.41) is 8.52. The molecule has 0 aliphatic heterocycles. The van der Waals surface area contributed by atoms with Crippen molar-refractivity contribution >= 4 is 17.5 Å². The zero-order valence-electron chi connectivity index (χ0n) is 16.4. The Balaban J connectivity index is 1.78. The number of ether oxygens (including phenoxy) is 3. The van der Waals surface area contributed by atoms with Crippen molar-refractivity contribution in [2.24, 2.45) is 0 Å². The van der Waals surface area contributed by atoms with Crippen LogP contribution in [0.1, 0.15) is 16.2 Å². The molecule has 0 spiro atoms. The van der Waals surface area contributed by atoms with Gasteiger partial charge in [-0.15, -0.1) is 10.2 Å². The third-order valence-corrected chi connectivity index (χ3v) is 4.44. The van der Waals surface area contributed by atoms with E-state index in [0.29, 0.717) is 39.3 Å². The molecule has 0 N–H and O–H groups in total. The molecule has 1 aromatic heterocycles. The van der Waals surface area contributed by atoms with Crippen molar-refractivity contribution < 1.29 is 23.4 Å². The Morgan fingerprint density at radius 2 is 1.69 bits per heavy atom. The Morgan fingerprint density at radius 1 is 1.00 bits per heavy atom. The van der Waals surface area contributed by atoms with E-state index < -0.39 is 0 Å². The van der Waals surface area contributed by atoms with Crippen LogP contribution in [0.2, 0.25) is 5.02 Å². The minimum absolute atomic E-state index is 0.120. The maximum absolute atomic E-state index is 12.8. The summed E-state index contributed by atoms with van der Waals surface area (Å²) in [5.41, 5.74) is 1.02. The van der Waals surface area contributed by atoms with Crippen LogP contribution >= 0.6 is 11.6 Å². The average Bonchev–Trinajstić information content (AvgIpc) is 3.20. The van der Waals surface area contributed by atoms with Gasteiger partial charge in [-0.25, -0.2) is 0 Å². The second kappa shape index (κ2) is 8.83. The van der Waals surface area contributed by atoms with Crippen LogP contribution in [0.3, 0.4) is 0 Å². The van der Waals surface area contributed by atoms with Gasteiger partial charge in [0.2, 0.25) is 11.8 Å². The Kier molecular flexibility index (Phi) is 6.23. The van der Waals surface area contributed by atoms with Gasteiger partial charge in [0.05, 0.1) is 33.4 Å². The first kappa shape index (κ1) is 20.5. The summed E-state index contributed by atoms with van der Waals surface area (Å²) in [6.07, 6.45) is 0. The number of nitrogens with zero attached hydrogens (tertiary/aromatic N) is 3. The molecule has 0 radical (unpaired) electrons. The molecule has 0 fully saturated rings. The summed E-state index contributed by atoms with van der Waals surface area (Å²) in [5.74, 6) is 1.88. The highest BCUT2D eigenvalue weighted by Crippen LogP contribution is 2.32. The summed E-state index contributed by atoms with van der Waals surface area (Å²) in [7, 11) is 6.23. The maximum atomic E-state index is 12.8. The summed E-state index contributed by atoms with van der Waals surface area (Å²) >= 11 is 6.01. The molecule has 1 heterocycles. The fourth-order valence-electron chi connectivity index (χ4n) is 2.73. The lowest BCUT2D eigenvalue weighted by Gasteiger charge is -2.17. The predicted octanol–water partition coefficient (Wildman–Crippen LogP) is 3.69. The third-order valence-electron chi connectivity index (χ3n) is 4.21. The first-order chi connectivity index (χ1) is 14.0. The number of aromatic nitrogens is 2. The summed E-state index contributed by atoms with van der Waals surface area (Å²) in [6.45, 7) is 0.120. The molecule has 3 aromatic rings. The number of halogens is 1. The number of carbonyl (C=O) groups excluding carboxylic acids is 1. The summed E-state index contributed by atoms with van der Waals surface area (Å²) in [6, 6.07) is 10.1. The molecule has 8 nitrogen and oxygen atoms in total. The third kappa shape index (κ3) is 4.43. The lowest BCUT2D eigenvalue weighted by atomic mass is 10.1. The van der Waals surface area contributed by atoms with Crippen molar-refractivity contribution in [3.63, 3.8) is 0 Å². The lowest BCUT2D eigenvalue weighted by Crippen LogP contribution is -2.26. The van der Waals surface area contributed by atoms with Crippen LogP contribution in [-0.2, 0) is 6.54 Å². The van der Waals surface area contributed by atoms with Crippen LogP contribution in [0.25, 0.3) is 11.5 Å². The molecular formula is C20H20ClN3O5. The first-order valence-corrected chi connectivity index (χ1v) is 8.98. The number of benzene rings is 2. The Morgan fingerprint density at radius 3 is 2.38 bits per heavy atom. The zero-order valence-corrected chi connectivity index (χ0v) is 17.2. The molecule has 3 rings (SSSR count). The second-order valence-corrected chi connectivity index (χ2v) is 6.51. The first-order valence-electron chi connectivity index (χ1n) is 8.60. The van der Waals surface area contributed by atoms with E-state index in [-0.39, 0.29) is 18.3 Å². The number of carbonyl (C=O) groups is 1. The van der Waals surface area contributed by atoms with Gasteiger partial charge in [0.15, 0.2) is 11.5 Å². The fraction of sp³-hybridized carbons (Fsp3) is 0.250. The number of methoxy groups -OCH3 is 3. The molecule has 152 valence electrons. The van der Waals surface area contributed by atoms with Gasteiger partial charge in [-0.05, 0) is 36.4 Å². The minimum Gasteiger partial charge on any atom is -0.496 e. The quantitative estimate of drug-likeness (QED) is 0.579. The van der Waals surface area contributed by atoms with E-state index in [0.717, 1.165) is 0 Å². The molecule has 1 amide bonds. The molecule has 0 saturated carbocycles. The van der Waals surface area contributed by atoms with Crippen LogP contribution in [-0.4, -0.2) is 49.4 Å². The molecule has 0 aliphatic carbocycles. The predicted molar refractivity (Wildman–Crippen MR) is 107 cm³/mol. The molecule has 9 heteroatoms. The summed E-state index contributed by atoms with van der Waals surface area (Å²) in [4.78, 5) is 14.2. The van der Waals surface area contributed by atoms with Crippen molar-refractivity contribution in [2.75, 3.05) is 28.4 Å². The average molecular weight is 418 g/mol. The number of hydrogen-bond donors (Lipinski definition) is 0. The SMILES string of the molecule is COc1ccc(-c2nnc(CN(C)C(=O)c3cc(Cl)ccc3OC)o2)cc1OC. The molecule has 0 atom stereocenters. The van der Waals surface area contributed by atoms with Gasteiger partial charge < -0.3 is 23.5 Å². The van der Waals surface area contributed by atoms with E-state index in [1.807, 2.05) is 0 Å². The van der Waals surface area contributed by atoms with Gasteiger partial charge in [-0.3, -0.25) is 4.79 Å². The monoisotopic (exact) mass is 417 g/mol. The van der Waals surface area contributed by atoms with Crippen molar-refractivity contribution in [1.82, 2.24) is 15.1 Å². The minimum atomic E-state index is -0.282. The number of amides is 1. The van der Waals surface area contributed by atoms with E-state index >= 15 is 0 Å². The van der Waals surface area contributed by atoms with Crippen LogP contribution < -0.4 is 14.2 Å². The largest absolute Gasteiger partial charge is 0.496 e. The van der Waals surface area contributed by atoms with Gasteiger partial charge >= 0.3 is 0 Å². The second-order valence-electron chi connectivity index (χ2n) is 6.08. The van der Waals surface area contributed by atoms with Crippen LogP contribution in [0.4, 0.5) is 0 Å². The topological polar surface area (TPSA) is 86.9 Å². The Bertz CT molecular complexity index is 1020. The normalized spacial score (nSPS) is 10.5. The lowest BCUT2D eigenvalue weighted by molar-refractivity contribution is 0.0769. The molecule has 0 saturated heterocycles. The molecular weight excluding hydrogens is 398 g/mol. The van der Waals surface area contributed by atoms with Gasteiger partial charge in [0, 0.05) is 17.6 Å². The smallest absolute Gasteiger partial charge is 0.257 e. The molecule has 29 heavy (non-hydrogen) atoms. The van der Waals surface area contributed by atoms with Gasteiger partial charge in [0.25, 0.3) is 5.91 Å². The molecule has 0 bridgehead atoms.